The number of likely N-dealkylation sites (tertiary alicyclic amines) is 2. The second-order valence-corrected chi connectivity index (χ2v) is 7.37. The molecule has 128 valence electrons. The number of carbonyl (C=O) groups excluding carboxylic acids is 1. The largest absolute Gasteiger partial charge is 0.389 e. The molecule has 0 aromatic carbocycles. The molecule has 1 amide bonds. The molecule has 7 heteroatoms. The predicted octanol–water partition coefficient (Wildman–Crippen LogP) is -0.00140. The van der Waals surface area contributed by atoms with Gasteiger partial charge in [0.05, 0.1) is 17.8 Å². The van der Waals surface area contributed by atoms with E-state index in [9.17, 15) is 20.1 Å². The molecule has 0 bridgehead atoms. The monoisotopic (exact) mass is 340 g/mol. The number of rotatable bonds is 3. The summed E-state index contributed by atoms with van der Waals surface area (Å²) in [5.41, 5.74) is 0.768. The fourth-order valence-electron chi connectivity index (χ4n) is 3.48. The van der Waals surface area contributed by atoms with Crippen LogP contribution in [-0.4, -0.2) is 82.1 Å². The van der Waals surface area contributed by atoms with Gasteiger partial charge < -0.3 is 20.2 Å². The average Bonchev–Trinajstić information content (AvgIpc) is 3.07. The summed E-state index contributed by atoms with van der Waals surface area (Å²) in [7, 11) is 0. The molecule has 2 aliphatic rings. The summed E-state index contributed by atoms with van der Waals surface area (Å²) in [6, 6.07) is 1.86. The van der Waals surface area contributed by atoms with Crippen LogP contribution in [0, 0.1) is 5.92 Å². The Balaban J connectivity index is 1.47. The minimum atomic E-state index is -1.05. The van der Waals surface area contributed by atoms with Gasteiger partial charge in [0.2, 0.25) is 0 Å². The highest BCUT2D eigenvalue weighted by Gasteiger charge is 2.34. The molecule has 0 radical (unpaired) electrons. The van der Waals surface area contributed by atoms with Gasteiger partial charge in [0.15, 0.2) is 0 Å². The number of thiophene rings is 1. The molecule has 3 atom stereocenters. The van der Waals surface area contributed by atoms with E-state index in [4.69, 9.17) is 0 Å². The molecule has 0 saturated carbocycles. The van der Waals surface area contributed by atoms with E-state index in [-0.39, 0.29) is 5.91 Å². The van der Waals surface area contributed by atoms with E-state index in [1.807, 2.05) is 26.6 Å². The second kappa shape index (κ2) is 7.27. The molecule has 2 aliphatic heterocycles. The van der Waals surface area contributed by atoms with Gasteiger partial charge in [-0.1, -0.05) is 0 Å². The molecule has 1 aromatic heterocycles. The van der Waals surface area contributed by atoms with Gasteiger partial charge in [-0.15, -0.1) is 0 Å². The van der Waals surface area contributed by atoms with E-state index < -0.39 is 18.3 Å². The number of carbonyl (C=O) groups is 1. The number of amides is 1. The molecule has 2 fully saturated rings. The molecule has 0 aliphatic carbocycles. The van der Waals surface area contributed by atoms with Crippen LogP contribution in [0.2, 0.25) is 0 Å². The first-order valence-electron chi connectivity index (χ1n) is 8.12. The molecular formula is C16H24N2O4S. The zero-order valence-electron chi connectivity index (χ0n) is 13.0. The van der Waals surface area contributed by atoms with Gasteiger partial charge in [-0.3, -0.25) is 9.69 Å². The predicted molar refractivity (Wildman–Crippen MR) is 87.4 cm³/mol. The fourth-order valence-corrected chi connectivity index (χ4v) is 4.11. The van der Waals surface area contributed by atoms with E-state index in [1.165, 1.54) is 11.3 Å². The van der Waals surface area contributed by atoms with Crippen molar-refractivity contribution in [2.75, 3.05) is 32.7 Å². The molecule has 3 rings (SSSR count). The molecule has 1 aromatic rings. The van der Waals surface area contributed by atoms with Gasteiger partial charge in [-0.05, 0) is 30.2 Å². The minimum Gasteiger partial charge on any atom is -0.389 e. The number of aliphatic hydroxyl groups excluding tert-OH is 3. The third-order valence-corrected chi connectivity index (χ3v) is 5.55. The van der Waals surface area contributed by atoms with E-state index in [2.05, 4.69) is 0 Å². The van der Waals surface area contributed by atoms with Crippen LogP contribution in [0.5, 0.6) is 0 Å². The average molecular weight is 340 g/mol. The van der Waals surface area contributed by atoms with Gasteiger partial charge in [-0.2, -0.15) is 11.3 Å². The summed E-state index contributed by atoms with van der Waals surface area (Å²) in [5.74, 6) is 0.563. The van der Waals surface area contributed by atoms with Crippen molar-refractivity contribution >= 4 is 17.2 Å². The smallest absolute Gasteiger partial charge is 0.254 e. The second-order valence-electron chi connectivity index (χ2n) is 6.59. The van der Waals surface area contributed by atoms with E-state index in [0.29, 0.717) is 19.0 Å². The van der Waals surface area contributed by atoms with Crippen molar-refractivity contribution < 1.29 is 20.1 Å². The van der Waals surface area contributed by atoms with E-state index in [1.54, 1.807) is 0 Å². The highest BCUT2D eigenvalue weighted by Crippen LogP contribution is 2.22. The molecule has 2 saturated heterocycles. The topological polar surface area (TPSA) is 84.2 Å². The maximum atomic E-state index is 12.3. The first-order valence-corrected chi connectivity index (χ1v) is 9.07. The van der Waals surface area contributed by atoms with Crippen LogP contribution in [-0.2, 0) is 0 Å². The lowest BCUT2D eigenvalue weighted by Gasteiger charge is -2.40. The van der Waals surface area contributed by atoms with Crippen LogP contribution in [0.4, 0.5) is 0 Å². The Kier molecular flexibility index (Phi) is 5.33. The van der Waals surface area contributed by atoms with Crippen molar-refractivity contribution in [1.82, 2.24) is 9.80 Å². The number of hydrogen-bond donors (Lipinski definition) is 3. The zero-order valence-corrected chi connectivity index (χ0v) is 13.9. The Morgan fingerprint density at radius 2 is 1.83 bits per heavy atom. The number of piperidine rings is 2. The number of nitrogens with zero attached hydrogens (tertiary/aromatic N) is 2. The summed E-state index contributed by atoms with van der Waals surface area (Å²) in [6.07, 6.45) is -0.961. The lowest BCUT2D eigenvalue weighted by atomic mass is 9.94. The van der Waals surface area contributed by atoms with Crippen LogP contribution in [0.1, 0.15) is 23.2 Å². The number of hydrogen-bond acceptors (Lipinski definition) is 6. The van der Waals surface area contributed by atoms with Crippen molar-refractivity contribution in [3.05, 3.63) is 22.4 Å². The Labute approximate surface area is 140 Å². The van der Waals surface area contributed by atoms with Crippen molar-refractivity contribution in [3.8, 4) is 0 Å². The van der Waals surface area contributed by atoms with Gasteiger partial charge in [-0.25, -0.2) is 0 Å². The van der Waals surface area contributed by atoms with Crippen LogP contribution in [0.25, 0.3) is 0 Å². The van der Waals surface area contributed by atoms with Crippen LogP contribution >= 0.6 is 11.3 Å². The molecule has 23 heavy (non-hydrogen) atoms. The Morgan fingerprint density at radius 3 is 2.39 bits per heavy atom. The van der Waals surface area contributed by atoms with Crippen LogP contribution in [0.3, 0.4) is 0 Å². The van der Waals surface area contributed by atoms with Crippen molar-refractivity contribution in [2.24, 2.45) is 5.92 Å². The Morgan fingerprint density at radius 1 is 1.17 bits per heavy atom. The molecule has 3 heterocycles. The van der Waals surface area contributed by atoms with Crippen molar-refractivity contribution in [1.29, 1.82) is 0 Å². The third-order valence-electron chi connectivity index (χ3n) is 4.87. The molecule has 6 nitrogen and oxygen atoms in total. The van der Waals surface area contributed by atoms with E-state index >= 15 is 0 Å². The lowest BCUT2D eigenvalue weighted by Crippen LogP contribution is -2.56. The number of aliphatic hydroxyl groups is 3. The molecule has 0 unspecified atom stereocenters. The Hall–Kier alpha value is -0.990. The molecule has 0 spiro atoms. The Bertz CT molecular complexity index is 504. The molecular weight excluding hydrogens is 316 g/mol. The van der Waals surface area contributed by atoms with Crippen molar-refractivity contribution in [2.45, 2.75) is 31.2 Å². The zero-order chi connectivity index (χ0) is 16.4. The highest BCUT2D eigenvalue weighted by molar-refractivity contribution is 7.08. The summed E-state index contributed by atoms with van der Waals surface area (Å²) >= 11 is 1.53. The summed E-state index contributed by atoms with van der Waals surface area (Å²) in [6.45, 7) is 3.09. The quantitative estimate of drug-likeness (QED) is 0.721. The summed E-state index contributed by atoms with van der Waals surface area (Å²) < 4.78 is 0. The third kappa shape index (κ3) is 3.92. The number of β-amino-alcohol motifs (C(OH)–C–C–N with tert-alkyl or cyclic N) is 2. The fraction of sp³-hybridized carbons (Fsp3) is 0.688. The van der Waals surface area contributed by atoms with Gasteiger partial charge >= 0.3 is 0 Å². The summed E-state index contributed by atoms with van der Waals surface area (Å²) in [4.78, 5) is 16.2. The van der Waals surface area contributed by atoms with Crippen LogP contribution in [0.15, 0.2) is 16.8 Å². The highest BCUT2D eigenvalue weighted by atomic mass is 32.1. The van der Waals surface area contributed by atoms with E-state index in [0.717, 1.165) is 38.0 Å². The first kappa shape index (κ1) is 16.9. The van der Waals surface area contributed by atoms with Crippen LogP contribution < -0.4 is 0 Å². The summed E-state index contributed by atoms with van der Waals surface area (Å²) in [5, 5.41) is 32.9. The van der Waals surface area contributed by atoms with Crippen molar-refractivity contribution in [3.63, 3.8) is 0 Å². The van der Waals surface area contributed by atoms with Gasteiger partial charge in [0, 0.05) is 38.1 Å². The lowest BCUT2D eigenvalue weighted by molar-refractivity contribution is -0.112. The van der Waals surface area contributed by atoms with Gasteiger partial charge in [0.25, 0.3) is 5.91 Å². The maximum absolute atomic E-state index is 12.3. The normalized spacial score (nSPS) is 30.6. The first-order chi connectivity index (χ1) is 11.0. The SMILES string of the molecule is O=C(c1ccsc1)N1CCC(CN2C[C@@H](O)[C@H](O)[C@@H](O)C2)CC1. The standard InChI is InChI=1S/C16H24N2O4S/c19-13-8-17(9-14(20)15(13)21)7-11-1-4-18(5-2-11)16(22)12-3-6-23-10-12/h3,6,10-11,13-15,19-21H,1-2,4-5,7-9H2/t13-,14+,15+. The van der Waals surface area contributed by atoms with Gasteiger partial charge in [0.1, 0.15) is 6.10 Å². The molecule has 3 N–H and O–H groups in total. The minimum absolute atomic E-state index is 0.108. The maximum Gasteiger partial charge on any atom is 0.254 e.